The van der Waals surface area contributed by atoms with Crippen LogP contribution in [-0.4, -0.2) is 36.1 Å². The summed E-state index contributed by atoms with van der Waals surface area (Å²) in [4.78, 5) is 13.7. The molecule has 0 bridgehead atoms. The number of hydrogen-bond acceptors (Lipinski definition) is 2. The van der Waals surface area contributed by atoms with E-state index in [0.717, 1.165) is 31.4 Å². The molecule has 0 radical (unpaired) electrons. The van der Waals surface area contributed by atoms with Crippen molar-refractivity contribution >= 4 is 17.5 Å². The van der Waals surface area contributed by atoms with Crippen LogP contribution in [-0.2, 0) is 11.2 Å². The fourth-order valence-corrected chi connectivity index (χ4v) is 1.93. The molecule has 0 saturated carbocycles. The Morgan fingerprint density at radius 1 is 1.33 bits per heavy atom. The van der Waals surface area contributed by atoms with E-state index in [1.807, 2.05) is 25.2 Å². The third-order valence-electron chi connectivity index (χ3n) is 2.82. The average Bonchev–Trinajstić information content (AvgIpc) is 2.34. The van der Waals surface area contributed by atoms with Crippen LogP contribution in [0.5, 0.6) is 0 Å². The Kier molecular flexibility index (Phi) is 6.76. The maximum absolute atomic E-state index is 11.9. The van der Waals surface area contributed by atoms with Gasteiger partial charge in [-0.1, -0.05) is 23.7 Å². The number of aliphatic hydroxyl groups is 1. The minimum Gasteiger partial charge on any atom is -0.396 e. The molecule has 0 unspecified atom stereocenters. The molecule has 0 aromatic heterocycles. The molecule has 100 valence electrons. The van der Waals surface area contributed by atoms with E-state index in [0.29, 0.717) is 11.4 Å². The van der Waals surface area contributed by atoms with Crippen molar-refractivity contribution in [1.82, 2.24) is 4.90 Å². The van der Waals surface area contributed by atoms with Crippen molar-refractivity contribution in [1.29, 1.82) is 0 Å². The molecule has 0 fully saturated rings. The Labute approximate surface area is 113 Å². The van der Waals surface area contributed by atoms with Gasteiger partial charge in [-0.25, -0.2) is 0 Å². The number of nitrogens with zero attached hydrogens (tertiary/aromatic N) is 1. The lowest BCUT2D eigenvalue weighted by Gasteiger charge is -2.17. The second kappa shape index (κ2) is 8.11. The van der Waals surface area contributed by atoms with Crippen LogP contribution < -0.4 is 0 Å². The zero-order chi connectivity index (χ0) is 13.4. The van der Waals surface area contributed by atoms with Gasteiger partial charge in [-0.15, -0.1) is 0 Å². The lowest BCUT2D eigenvalue weighted by Crippen LogP contribution is -2.29. The van der Waals surface area contributed by atoms with Crippen LogP contribution in [0.3, 0.4) is 0 Å². The quantitative estimate of drug-likeness (QED) is 0.773. The number of halogens is 1. The fourth-order valence-electron chi connectivity index (χ4n) is 1.72. The van der Waals surface area contributed by atoms with Gasteiger partial charge >= 0.3 is 0 Å². The molecule has 0 heterocycles. The van der Waals surface area contributed by atoms with Gasteiger partial charge in [0.25, 0.3) is 0 Å². The molecule has 0 saturated heterocycles. The second-order valence-electron chi connectivity index (χ2n) is 4.41. The molecule has 0 aliphatic carbocycles. The monoisotopic (exact) mass is 269 g/mol. The molecule has 1 rings (SSSR count). The fraction of sp³-hybridized carbons (Fsp3) is 0.500. The third kappa shape index (κ3) is 5.52. The molecule has 1 N–H and O–H groups in total. The van der Waals surface area contributed by atoms with Gasteiger partial charge < -0.3 is 10.0 Å². The van der Waals surface area contributed by atoms with Crippen LogP contribution in [0.1, 0.15) is 24.8 Å². The first-order chi connectivity index (χ1) is 8.63. The summed E-state index contributed by atoms with van der Waals surface area (Å²) in [5.41, 5.74) is 0.940. The Hall–Kier alpha value is -1.06. The third-order valence-corrected chi connectivity index (χ3v) is 3.06. The Bertz CT molecular complexity index is 382. The van der Waals surface area contributed by atoms with Crippen LogP contribution in [0.4, 0.5) is 0 Å². The smallest absolute Gasteiger partial charge is 0.226 e. The number of carbonyl (C=O) groups is 1. The van der Waals surface area contributed by atoms with Gasteiger partial charge in [0.1, 0.15) is 0 Å². The van der Waals surface area contributed by atoms with Crippen molar-refractivity contribution in [3.05, 3.63) is 34.9 Å². The first-order valence-electron chi connectivity index (χ1n) is 6.22. The van der Waals surface area contributed by atoms with Gasteiger partial charge in [-0.2, -0.15) is 0 Å². The Morgan fingerprint density at radius 3 is 2.78 bits per heavy atom. The van der Waals surface area contributed by atoms with Gasteiger partial charge in [0, 0.05) is 25.2 Å². The molecule has 0 aliphatic heterocycles. The van der Waals surface area contributed by atoms with Gasteiger partial charge in [-0.3, -0.25) is 4.79 Å². The van der Waals surface area contributed by atoms with Crippen molar-refractivity contribution in [2.24, 2.45) is 0 Å². The lowest BCUT2D eigenvalue weighted by atomic mass is 10.1. The molecule has 0 atom stereocenters. The molecule has 1 amide bonds. The zero-order valence-corrected chi connectivity index (χ0v) is 11.5. The van der Waals surface area contributed by atoms with Crippen molar-refractivity contribution in [3.63, 3.8) is 0 Å². The van der Waals surface area contributed by atoms with Crippen LogP contribution >= 0.6 is 11.6 Å². The molecule has 4 heteroatoms. The summed E-state index contributed by atoms with van der Waals surface area (Å²) in [6.45, 7) is 0.958. The number of unbranched alkanes of at least 4 members (excludes halogenated alkanes) is 2. The van der Waals surface area contributed by atoms with E-state index in [1.165, 1.54) is 0 Å². The highest BCUT2D eigenvalue weighted by atomic mass is 35.5. The minimum absolute atomic E-state index is 0.0984. The van der Waals surface area contributed by atoms with Crippen molar-refractivity contribution in [2.45, 2.75) is 25.7 Å². The van der Waals surface area contributed by atoms with E-state index in [2.05, 4.69) is 0 Å². The highest BCUT2D eigenvalue weighted by Crippen LogP contribution is 2.12. The molecule has 0 spiro atoms. The minimum atomic E-state index is 0.0984. The summed E-state index contributed by atoms with van der Waals surface area (Å²) in [5, 5.41) is 9.33. The molecule has 3 nitrogen and oxygen atoms in total. The van der Waals surface area contributed by atoms with Crippen LogP contribution in [0.25, 0.3) is 0 Å². The second-order valence-corrected chi connectivity index (χ2v) is 4.84. The molecule has 0 aliphatic rings. The van der Waals surface area contributed by atoms with E-state index in [1.54, 1.807) is 11.0 Å². The standard InChI is InChI=1S/C14H20ClNO2/c1-16(8-3-2-4-9-17)14(18)11-12-6-5-7-13(15)10-12/h5-7,10,17H,2-4,8-9,11H2,1H3. The number of aliphatic hydroxyl groups excluding tert-OH is 1. The van der Waals surface area contributed by atoms with E-state index >= 15 is 0 Å². The summed E-state index contributed by atoms with van der Waals surface area (Å²) < 4.78 is 0. The highest BCUT2D eigenvalue weighted by Gasteiger charge is 2.09. The van der Waals surface area contributed by atoms with Crippen LogP contribution in [0, 0.1) is 0 Å². The number of hydrogen-bond donors (Lipinski definition) is 1. The predicted molar refractivity (Wildman–Crippen MR) is 73.7 cm³/mol. The van der Waals surface area contributed by atoms with Crippen LogP contribution in [0.15, 0.2) is 24.3 Å². The van der Waals surface area contributed by atoms with Crippen molar-refractivity contribution in [3.8, 4) is 0 Å². The normalized spacial score (nSPS) is 10.4. The van der Waals surface area contributed by atoms with E-state index < -0.39 is 0 Å². The molecule has 1 aromatic carbocycles. The summed E-state index contributed by atoms with van der Waals surface area (Å²) in [7, 11) is 1.81. The van der Waals surface area contributed by atoms with Crippen molar-refractivity contribution < 1.29 is 9.90 Å². The summed E-state index contributed by atoms with van der Waals surface area (Å²) in [6.07, 6.45) is 3.07. The molecule has 18 heavy (non-hydrogen) atoms. The lowest BCUT2D eigenvalue weighted by molar-refractivity contribution is -0.129. The highest BCUT2D eigenvalue weighted by molar-refractivity contribution is 6.30. The number of likely N-dealkylation sites (N-methyl/N-ethyl adjacent to an activating group) is 1. The van der Waals surface area contributed by atoms with Gasteiger partial charge in [-0.05, 0) is 37.0 Å². The van der Waals surface area contributed by atoms with E-state index in [4.69, 9.17) is 16.7 Å². The number of amides is 1. The summed E-state index contributed by atoms with van der Waals surface area (Å²) in [5.74, 6) is 0.0984. The first-order valence-corrected chi connectivity index (χ1v) is 6.60. The molecular formula is C14H20ClNO2. The SMILES string of the molecule is CN(CCCCCO)C(=O)Cc1cccc(Cl)c1. The average molecular weight is 270 g/mol. The number of benzene rings is 1. The maximum Gasteiger partial charge on any atom is 0.226 e. The zero-order valence-electron chi connectivity index (χ0n) is 10.7. The largest absolute Gasteiger partial charge is 0.396 e. The first kappa shape index (κ1) is 15.0. The van der Waals surface area contributed by atoms with E-state index in [9.17, 15) is 4.79 Å². The summed E-state index contributed by atoms with van der Waals surface area (Å²) >= 11 is 5.88. The topological polar surface area (TPSA) is 40.5 Å². The molecule has 1 aromatic rings. The maximum atomic E-state index is 11.9. The predicted octanol–water partition coefficient (Wildman–Crippen LogP) is 2.50. The molecular weight excluding hydrogens is 250 g/mol. The van der Waals surface area contributed by atoms with Crippen LogP contribution in [0.2, 0.25) is 5.02 Å². The Balaban J connectivity index is 2.35. The number of carbonyl (C=O) groups excluding carboxylic acids is 1. The number of rotatable bonds is 7. The van der Waals surface area contributed by atoms with Gasteiger partial charge in [0.05, 0.1) is 6.42 Å². The van der Waals surface area contributed by atoms with Gasteiger partial charge in [0.15, 0.2) is 0 Å². The Morgan fingerprint density at radius 2 is 2.11 bits per heavy atom. The van der Waals surface area contributed by atoms with E-state index in [-0.39, 0.29) is 12.5 Å². The van der Waals surface area contributed by atoms with Gasteiger partial charge in [0.2, 0.25) is 5.91 Å². The van der Waals surface area contributed by atoms with Crippen molar-refractivity contribution in [2.75, 3.05) is 20.2 Å². The summed E-state index contributed by atoms with van der Waals surface area (Å²) in [6, 6.07) is 7.38.